The van der Waals surface area contributed by atoms with E-state index in [-0.39, 0.29) is 17.7 Å². The Morgan fingerprint density at radius 1 is 1.56 bits per heavy atom. The standard InChI is InChI=1S/C12H13BrN2O2S/c13-8-4-3-7(5-9(8)16)12(17)15-10(11(14)18)6-1-2-6/h3-6,10,16H,1-2H2,(H2,14,18)(H,15,17). The Balaban J connectivity index is 2.10. The Labute approximate surface area is 119 Å². The van der Waals surface area contributed by atoms with Crippen LogP contribution < -0.4 is 11.1 Å². The topological polar surface area (TPSA) is 75.3 Å². The van der Waals surface area contributed by atoms with Crippen molar-refractivity contribution in [3.8, 4) is 5.75 Å². The number of phenolic OH excluding ortho intramolecular Hbond substituents is 1. The Morgan fingerprint density at radius 3 is 2.72 bits per heavy atom. The molecule has 0 aliphatic heterocycles. The fourth-order valence-corrected chi connectivity index (χ4v) is 2.23. The second-order valence-electron chi connectivity index (χ2n) is 4.36. The molecule has 2 rings (SSSR count). The number of hydrogen-bond donors (Lipinski definition) is 3. The molecule has 6 heteroatoms. The van der Waals surface area contributed by atoms with Gasteiger partial charge in [-0.2, -0.15) is 0 Å². The second-order valence-corrected chi connectivity index (χ2v) is 5.68. The molecule has 1 amide bonds. The minimum Gasteiger partial charge on any atom is -0.507 e. The van der Waals surface area contributed by atoms with E-state index in [1.54, 1.807) is 12.1 Å². The van der Waals surface area contributed by atoms with Crippen LogP contribution in [-0.2, 0) is 0 Å². The molecule has 1 fully saturated rings. The maximum Gasteiger partial charge on any atom is 0.251 e. The van der Waals surface area contributed by atoms with Gasteiger partial charge >= 0.3 is 0 Å². The van der Waals surface area contributed by atoms with E-state index in [1.807, 2.05) is 0 Å². The van der Waals surface area contributed by atoms with E-state index >= 15 is 0 Å². The summed E-state index contributed by atoms with van der Waals surface area (Å²) in [6.07, 6.45) is 2.07. The van der Waals surface area contributed by atoms with Gasteiger partial charge < -0.3 is 16.2 Å². The highest BCUT2D eigenvalue weighted by Crippen LogP contribution is 2.33. The summed E-state index contributed by atoms with van der Waals surface area (Å²) in [5, 5.41) is 12.3. The van der Waals surface area contributed by atoms with Crippen molar-refractivity contribution in [3.05, 3.63) is 28.2 Å². The fourth-order valence-electron chi connectivity index (χ4n) is 1.73. The van der Waals surface area contributed by atoms with Crippen molar-refractivity contribution in [2.75, 3.05) is 0 Å². The van der Waals surface area contributed by atoms with Crippen molar-refractivity contribution in [3.63, 3.8) is 0 Å². The molecule has 96 valence electrons. The average molecular weight is 329 g/mol. The number of aromatic hydroxyl groups is 1. The van der Waals surface area contributed by atoms with Crippen LogP contribution in [0.5, 0.6) is 5.75 Å². The fraction of sp³-hybridized carbons (Fsp3) is 0.333. The summed E-state index contributed by atoms with van der Waals surface area (Å²) in [6, 6.07) is 4.40. The summed E-state index contributed by atoms with van der Waals surface area (Å²) in [5.41, 5.74) is 6.00. The molecule has 0 bridgehead atoms. The van der Waals surface area contributed by atoms with E-state index in [1.165, 1.54) is 6.07 Å². The van der Waals surface area contributed by atoms with Gasteiger partial charge in [-0.3, -0.25) is 4.79 Å². The normalized spacial score (nSPS) is 16.1. The quantitative estimate of drug-likeness (QED) is 0.738. The number of hydrogen-bond acceptors (Lipinski definition) is 3. The van der Waals surface area contributed by atoms with Gasteiger partial charge in [0.25, 0.3) is 5.91 Å². The van der Waals surface area contributed by atoms with Crippen LogP contribution in [0.3, 0.4) is 0 Å². The largest absolute Gasteiger partial charge is 0.507 e. The average Bonchev–Trinajstić information content (AvgIpc) is 3.13. The number of phenols is 1. The molecule has 0 spiro atoms. The summed E-state index contributed by atoms with van der Waals surface area (Å²) in [7, 11) is 0. The van der Waals surface area contributed by atoms with Crippen molar-refractivity contribution in [2.24, 2.45) is 11.7 Å². The van der Waals surface area contributed by atoms with Crippen LogP contribution in [0.15, 0.2) is 22.7 Å². The third kappa shape index (κ3) is 3.00. The zero-order valence-corrected chi connectivity index (χ0v) is 11.9. The molecule has 1 aromatic rings. The number of amides is 1. The highest BCUT2D eigenvalue weighted by molar-refractivity contribution is 9.10. The number of halogens is 1. The van der Waals surface area contributed by atoms with E-state index < -0.39 is 0 Å². The lowest BCUT2D eigenvalue weighted by Gasteiger charge is -2.16. The summed E-state index contributed by atoms with van der Waals surface area (Å²) in [4.78, 5) is 12.3. The SMILES string of the molecule is NC(=S)C(NC(=O)c1ccc(Br)c(O)c1)C1CC1. The minimum atomic E-state index is -0.275. The first kappa shape index (κ1) is 13.3. The first-order chi connectivity index (χ1) is 8.49. The van der Waals surface area contributed by atoms with Gasteiger partial charge in [0.15, 0.2) is 0 Å². The lowest BCUT2D eigenvalue weighted by Crippen LogP contribution is -2.45. The molecule has 1 saturated carbocycles. The monoisotopic (exact) mass is 328 g/mol. The molecule has 0 saturated heterocycles. The second kappa shape index (κ2) is 5.24. The lowest BCUT2D eigenvalue weighted by atomic mass is 10.1. The number of thiocarbonyl (C=S) groups is 1. The van der Waals surface area contributed by atoms with Gasteiger partial charge in [0.2, 0.25) is 0 Å². The molecule has 1 unspecified atom stereocenters. The zero-order valence-electron chi connectivity index (χ0n) is 9.52. The van der Waals surface area contributed by atoms with Gasteiger partial charge in [-0.15, -0.1) is 0 Å². The highest BCUT2D eigenvalue weighted by Gasteiger charge is 2.34. The molecule has 1 aliphatic rings. The van der Waals surface area contributed by atoms with Gasteiger partial charge in [0.05, 0.1) is 15.5 Å². The van der Waals surface area contributed by atoms with Gasteiger partial charge in [-0.05, 0) is 52.9 Å². The molecule has 4 N–H and O–H groups in total. The van der Waals surface area contributed by atoms with Crippen LogP contribution in [0, 0.1) is 5.92 Å². The summed E-state index contributed by atoms with van der Waals surface area (Å²) < 4.78 is 0.548. The Hall–Kier alpha value is -1.14. The molecule has 1 atom stereocenters. The van der Waals surface area contributed by atoms with Crippen molar-refractivity contribution < 1.29 is 9.90 Å². The third-order valence-electron chi connectivity index (χ3n) is 2.89. The van der Waals surface area contributed by atoms with Gasteiger partial charge in [0.1, 0.15) is 5.75 Å². The molecule has 0 aromatic heterocycles. The summed E-state index contributed by atoms with van der Waals surface area (Å²) in [5.74, 6) is 0.110. The highest BCUT2D eigenvalue weighted by atomic mass is 79.9. The molecular weight excluding hydrogens is 316 g/mol. The van der Waals surface area contributed by atoms with Crippen LogP contribution in [0.4, 0.5) is 0 Å². The maximum absolute atomic E-state index is 12.0. The Kier molecular flexibility index (Phi) is 3.87. The Morgan fingerprint density at radius 2 is 2.22 bits per heavy atom. The van der Waals surface area contributed by atoms with Crippen LogP contribution in [0.1, 0.15) is 23.2 Å². The molecule has 0 radical (unpaired) electrons. The third-order valence-corrected chi connectivity index (χ3v) is 3.82. The van der Waals surface area contributed by atoms with Crippen molar-refractivity contribution >= 4 is 39.0 Å². The summed E-state index contributed by atoms with van der Waals surface area (Å²) >= 11 is 8.12. The Bertz CT molecular complexity index is 503. The number of rotatable bonds is 4. The van der Waals surface area contributed by atoms with Crippen molar-refractivity contribution in [2.45, 2.75) is 18.9 Å². The smallest absolute Gasteiger partial charge is 0.251 e. The number of nitrogens with one attached hydrogen (secondary N) is 1. The number of carbonyl (C=O) groups excluding carboxylic acids is 1. The van der Waals surface area contributed by atoms with Crippen LogP contribution >= 0.6 is 28.1 Å². The first-order valence-electron chi connectivity index (χ1n) is 5.57. The molecule has 18 heavy (non-hydrogen) atoms. The summed E-state index contributed by atoms with van der Waals surface area (Å²) in [6.45, 7) is 0. The van der Waals surface area contributed by atoms with Crippen LogP contribution in [0.2, 0.25) is 0 Å². The van der Waals surface area contributed by atoms with Crippen LogP contribution in [0.25, 0.3) is 0 Å². The van der Waals surface area contributed by atoms with Gasteiger partial charge in [0, 0.05) is 5.56 Å². The molecule has 0 heterocycles. The van der Waals surface area contributed by atoms with E-state index in [0.29, 0.717) is 20.9 Å². The number of benzene rings is 1. The molecule has 1 aromatic carbocycles. The lowest BCUT2D eigenvalue weighted by molar-refractivity contribution is 0.0943. The van der Waals surface area contributed by atoms with Crippen molar-refractivity contribution in [1.82, 2.24) is 5.32 Å². The van der Waals surface area contributed by atoms with E-state index in [2.05, 4.69) is 21.2 Å². The first-order valence-corrected chi connectivity index (χ1v) is 6.78. The molecular formula is C12H13BrN2O2S. The number of carbonyl (C=O) groups is 1. The molecule has 4 nitrogen and oxygen atoms in total. The van der Waals surface area contributed by atoms with E-state index in [4.69, 9.17) is 18.0 Å². The zero-order chi connectivity index (χ0) is 13.3. The number of nitrogens with two attached hydrogens (primary N) is 1. The molecule has 1 aliphatic carbocycles. The maximum atomic E-state index is 12.0. The predicted octanol–water partition coefficient (Wildman–Crippen LogP) is 1.95. The van der Waals surface area contributed by atoms with E-state index in [9.17, 15) is 9.90 Å². The van der Waals surface area contributed by atoms with Gasteiger partial charge in [-0.1, -0.05) is 12.2 Å². The van der Waals surface area contributed by atoms with Crippen LogP contribution in [-0.4, -0.2) is 22.0 Å². The van der Waals surface area contributed by atoms with E-state index in [0.717, 1.165) is 12.8 Å². The predicted molar refractivity (Wildman–Crippen MR) is 76.6 cm³/mol. The minimum absolute atomic E-state index is 0.0287. The van der Waals surface area contributed by atoms with Gasteiger partial charge in [-0.25, -0.2) is 0 Å². The van der Waals surface area contributed by atoms with Crippen molar-refractivity contribution in [1.29, 1.82) is 0 Å².